The Morgan fingerprint density at radius 2 is 1.96 bits per heavy atom. The molecule has 0 aliphatic carbocycles. The first-order valence-corrected chi connectivity index (χ1v) is 9.94. The van der Waals surface area contributed by atoms with E-state index in [0.717, 1.165) is 40.3 Å². The van der Waals surface area contributed by atoms with E-state index in [9.17, 15) is 4.79 Å². The molecule has 0 saturated carbocycles. The standard InChI is InChI=1S/C20H22N4O2S/c1-13-21-18(23-15-8-10-24(11-9-15)20(25)26-2)17-16(12-27-19(17)22-13)14-6-4-3-5-7-14/h3-7,12,15H,8-11H2,1-2H3,(H,21,22,23). The van der Waals surface area contributed by atoms with E-state index in [1.807, 2.05) is 25.1 Å². The molecule has 27 heavy (non-hydrogen) atoms. The Balaban J connectivity index is 1.62. The lowest BCUT2D eigenvalue weighted by Crippen LogP contribution is -2.42. The van der Waals surface area contributed by atoms with Gasteiger partial charge in [0.25, 0.3) is 0 Å². The molecule has 3 aromatic rings. The molecule has 3 heterocycles. The number of amides is 1. The molecule has 1 aliphatic heterocycles. The van der Waals surface area contributed by atoms with Crippen LogP contribution in [0.15, 0.2) is 35.7 Å². The second-order valence-corrected chi connectivity index (χ2v) is 7.55. The number of aryl methyl sites for hydroxylation is 1. The Morgan fingerprint density at radius 3 is 2.67 bits per heavy atom. The van der Waals surface area contributed by atoms with E-state index in [4.69, 9.17) is 9.72 Å². The number of hydrogen-bond donors (Lipinski definition) is 1. The number of thiophene rings is 1. The summed E-state index contributed by atoms with van der Waals surface area (Å²) in [6.07, 6.45) is 1.48. The maximum Gasteiger partial charge on any atom is 0.409 e. The zero-order valence-corrected chi connectivity index (χ0v) is 16.3. The summed E-state index contributed by atoms with van der Waals surface area (Å²) in [7, 11) is 1.43. The van der Waals surface area contributed by atoms with Gasteiger partial charge in [0.2, 0.25) is 0 Å². The molecular formula is C20H22N4O2S. The number of anilines is 1. The highest BCUT2D eigenvalue weighted by Crippen LogP contribution is 2.37. The maximum atomic E-state index is 11.7. The summed E-state index contributed by atoms with van der Waals surface area (Å²) in [6, 6.07) is 10.6. The van der Waals surface area contributed by atoms with Gasteiger partial charge >= 0.3 is 6.09 Å². The van der Waals surface area contributed by atoms with Gasteiger partial charge in [-0.3, -0.25) is 0 Å². The highest BCUT2D eigenvalue weighted by atomic mass is 32.1. The molecule has 1 aromatic carbocycles. The van der Waals surface area contributed by atoms with E-state index in [1.54, 1.807) is 16.2 Å². The third-order valence-corrected chi connectivity index (χ3v) is 5.77. The first-order chi connectivity index (χ1) is 13.2. The summed E-state index contributed by atoms with van der Waals surface area (Å²) in [5, 5.41) is 6.84. The molecule has 6 nitrogen and oxygen atoms in total. The van der Waals surface area contributed by atoms with Crippen LogP contribution in [-0.4, -0.2) is 47.2 Å². The predicted octanol–water partition coefficient (Wildman–Crippen LogP) is 4.31. The number of likely N-dealkylation sites (tertiary alicyclic amines) is 1. The minimum Gasteiger partial charge on any atom is -0.453 e. The van der Waals surface area contributed by atoms with Gasteiger partial charge in [-0.1, -0.05) is 30.3 Å². The first-order valence-electron chi connectivity index (χ1n) is 9.06. The number of aromatic nitrogens is 2. The van der Waals surface area contributed by atoms with Gasteiger partial charge < -0.3 is 15.0 Å². The summed E-state index contributed by atoms with van der Waals surface area (Å²) in [4.78, 5) is 23.8. The predicted molar refractivity (Wildman–Crippen MR) is 108 cm³/mol. The van der Waals surface area contributed by atoms with Crippen LogP contribution in [0.3, 0.4) is 0 Å². The molecule has 0 unspecified atom stereocenters. The highest BCUT2D eigenvalue weighted by Gasteiger charge is 2.24. The van der Waals surface area contributed by atoms with Gasteiger partial charge in [0, 0.05) is 30.1 Å². The van der Waals surface area contributed by atoms with Gasteiger partial charge in [-0.05, 0) is 25.3 Å². The number of rotatable bonds is 3. The van der Waals surface area contributed by atoms with Gasteiger partial charge in [-0.2, -0.15) is 0 Å². The molecule has 0 bridgehead atoms. The Kier molecular flexibility index (Phi) is 4.94. The van der Waals surface area contributed by atoms with Gasteiger partial charge in [0.15, 0.2) is 0 Å². The summed E-state index contributed by atoms with van der Waals surface area (Å²) < 4.78 is 4.82. The van der Waals surface area contributed by atoms with E-state index in [1.165, 1.54) is 12.7 Å². The van der Waals surface area contributed by atoms with Crippen molar-refractivity contribution in [3.05, 3.63) is 41.5 Å². The minimum atomic E-state index is -0.252. The monoisotopic (exact) mass is 382 g/mol. The molecule has 140 valence electrons. The van der Waals surface area contributed by atoms with Crippen molar-refractivity contribution in [2.24, 2.45) is 0 Å². The van der Waals surface area contributed by atoms with Crippen molar-refractivity contribution >= 4 is 33.5 Å². The Hall–Kier alpha value is -2.67. The number of carbonyl (C=O) groups excluding carboxylic acids is 1. The van der Waals surface area contributed by atoms with Crippen LogP contribution in [0, 0.1) is 6.92 Å². The van der Waals surface area contributed by atoms with Crippen molar-refractivity contribution in [2.45, 2.75) is 25.8 Å². The number of nitrogens with one attached hydrogen (secondary N) is 1. The molecule has 0 radical (unpaired) electrons. The Bertz CT molecular complexity index is 949. The lowest BCUT2D eigenvalue weighted by atomic mass is 10.0. The molecule has 1 fully saturated rings. The van der Waals surface area contributed by atoms with Gasteiger partial charge in [0.1, 0.15) is 16.5 Å². The largest absolute Gasteiger partial charge is 0.453 e. The van der Waals surface area contributed by atoms with Crippen molar-refractivity contribution in [1.29, 1.82) is 0 Å². The molecule has 1 saturated heterocycles. The molecule has 2 aromatic heterocycles. The van der Waals surface area contributed by atoms with Crippen LogP contribution in [0.2, 0.25) is 0 Å². The number of carbonyl (C=O) groups is 1. The van der Waals surface area contributed by atoms with Gasteiger partial charge in [-0.25, -0.2) is 14.8 Å². The smallest absolute Gasteiger partial charge is 0.409 e. The van der Waals surface area contributed by atoms with Crippen LogP contribution in [0.25, 0.3) is 21.3 Å². The van der Waals surface area contributed by atoms with Crippen molar-refractivity contribution in [2.75, 3.05) is 25.5 Å². The number of benzene rings is 1. The lowest BCUT2D eigenvalue weighted by molar-refractivity contribution is 0.113. The molecule has 0 atom stereocenters. The molecule has 1 amide bonds. The fourth-order valence-electron chi connectivity index (χ4n) is 3.51. The topological polar surface area (TPSA) is 67.3 Å². The second kappa shape index (κ2) is 7.52. The fourth-order valence-corrected chi connectivity index (χ4v) is 4.50. The molecule has 0 spiro atoms. The Morgan fingerprint density at radius 1 is 1.22 bits per heavy atom. The fraction of sp³-hybridized carbons (Fsp3) is 0.350. The molecule has 1 N–H and O–H groups in total. The first kappa shape index (κ1) is 17.7. The third-order valence-electron chi connectivity index (χ3n) is 4.90. The number of ether oxygens (including phenoxy) is 1. The average Bonchev–Trinajstić information content (AvgIpc) is 3.12. The SMILES string of the molecule is COC(=O)N1CCC(Nc2nc(C)nc3scc(-c4ccccc4)c23)CC1. The zero-order valence-electron chi connectivity index (χ0n) is 15.4. The number of nitrogens with zero attached hydrogens (tertiary/aromatic N) is 3. The van der Waals surface area contributed by atoms with Gasteiger partial charge in [-0.15, -0.1) is 11.3 Å². The average molecular weight is 382 g/mol. The number of piperidine rings is 1. The second-order valence-electron chi connectivity index (χ2n) is 6.69. The molecule has 4 rings (SSSR count). The van der Waals surface area contributed by atoms with Crippen LogP contribution in [0.5, 0.6) is 0 Å². The van der Waals surface area contributed by atoms with Crippen LogP contribution in [0.1, 0.15) is 18.7 Å². The summed E-state index contributed by atoms with van der Waals surface area (Å²) in [6.45, 7) is 3.30. The Labute approximate surface area is 162 Å². The van der Waals surface area contributed by atoms with Crippen molar-refractivity contribution in [3.63, 3.8) is 0 Å². The molecule has 1 aliphatic rings. The van der Waals surface area contributed by atoms with Crippen LogP contribution < -0.4 is 5.32 Å². The van der Waals surface area contributed by atoms with Gasteiger partial charge in [0.05, 0.1) is 12.5 Å². The van der Waals surface area contributed by atoms with Crippen LogP contribution >= 0.6 is 11.3 Å². The van der Waals surface area contributed by atoms with Crippen LogP contribution in [-0.2, 0) is 4.74 Å². The lowest BCUT2D eigenvalue weighted by Gasteiger charge is -2.31. The number of fused-ring (bicyclic) bond motifs is 1. The minimum absolute atomic E-state index is 0.252. The number of methoxy groups -OCH3 is 1. The summed E-state index contributed by atoms with van der Waals surface area (Å²) in [5.74, 6) is 1.65. The van der Waals surface area contributed by atoms with E-state index in [-0.39, 0.29) is 12.1 Å². The third kappa shape index (κ3) is 3.60. The summed E-state index contributed by atoms with van der Waals surface area (Å²) >= 11 is 1.65. The summed E-state index contributed by atoms with van der Waals surface area (Å²) in [5.41, 5.74) is 2.32. The molecule has 7 heteroatoms. The normalized spacial score (nSPS) is 15.1. The van der Waals surface area contributed by atoms with E-state index < -0.39 is 0 Å². The maximum absolute atomic E-state index is 11.7. The molecular weight excluding hydrogens is 360 g/mol. The number of hydrogen-bond acceptors (Lipinski definition) is 6. The van der Waals surface area contributed by atoms with E-state index in [2.05, 4.69) is 27.8 Å². The highest BCUT2D eigenvalue weighted by molar-refractivity contribution is 7.17. The van der Waals surface area contributed by atoms with E-state index >= 15 is 0 Å². The van der Waals surface area contributed by atoms with Crippen molar-refractivity contribution < 1.29 is 9.53 Å². The van der Waals surface area contributed by atoms with Crippen LogP contribution in [0.4, 0.5) is 10.6 Å². The zero-order chi connectivity index (χ0) is 18.8. The van der Waals surface area contributed by atoms with E-state index in [0.29, 0.717) is 13.1 Å². The quantitative estimate of drug-likeness (QED) is 0.731. The van der Waals surface area contributed by atoms with Crippen molar-refractivity contribution in [1.82, 2.24) is 14.9 Å². The van der Waals surface area contributed by atoms with Crippen molar-refractivity contribution in [3.8, 4) is 11.1 Å².